The highest BCUT2D eigenvalue weighted by atomic mass is 32.2. The molecule has 0 atom stereocenters. The van der Waals surface area contributed by atoms with Crippen molar-refractivity contribution in [3.05, 3.63) is 18.2 Å². The molecular formula is C14H22N2O6S. The van der Waals surface area contributed by atoms with Crippen LogP contribution in [0.25, 0.3) is 0 Å². The second kappa shape index (κ2) is 8.59. The van der Waals surface area contributed by atoms with Gasteiger partial charge < -0.3 is 19.5 Å². The molecular weight excluding hydrogens is 324 g/mol. The summed E-state index contributed by atoms with van der Waals surface area (Å²) < 4.78 is 40.1. The lowest BCUT2D eigenvalue weighted by Gasteiger charge is -2.22. The number of amides is 1. The molecule has 0 aliphatic rings. The summed E-state index contributed by atoms with van der Waals surface area (Å²) in [5.74, 6) is 0.412. The van der Waals surface area contributed by atoms with Crippen LogP contribution in [0.2, 0.25) is 0 Å². The van der Waals surface area contributed by atoms with Crippen molar-refractivity contribution in [3.63, 3.8) is 0 Å². The molecule has 0 radical (unpaired) electrons. The van der Waals surface area contributed by atoms with Gasteiger partial charge in [0.15, 0.2) is 11.5 Å². The number of rotatable bonds is 9. The van der Waals surface area contributed by atoms with Crippen LogP contribution in [0.15, 0.2) is 18.2 Å². The van der Waals surface area contributed by atoms with E-state index < -0.39 is 15.9 Å². The van der Waals surface area contributed by atoms with E-state index in [1.165, 1.54) is 27.4 Å². The maximum atomic E-state index is 12.0. The fourth-order valence-electron chi connectivity index (χ4n) is 1.86. The molecule has 23 heavy (non-hydrogen) atoms. The molecule has 130 valence electrons. The van der Waals surface area contributed by atoms with Crippen LogP contribution in [0, 0.1) is 0 Å². The third-order valence-electron chi connectivity index (χ3n) is 2.97. The minimum atomic E-state index is -3.64. The van der Waals surface area contributed by atoms with Gasteiger partial charge in [-0.2, -0.15) is 0 Å². The highest BCUT2D eigenvalue weighted by Gasteiger charge is 2.22. The van der Waals surface area contributed by atoms with Crippen LogP contribution in [0.1, 0.15) is 0 Å². The molecule has 0 heterocycles. The van der Waals surface area contributed by atoms with Gasteiger partial charge in [-0.15, -0.1) is 0 Å². The van der Waals surface area contributed by atoms with Crippen LogP contribution < -0.4 is 19.1 Å². The molecule has 0 aliphatic carbocycles. The first-order valence-electron chi connectivity index (χ1n) is 6.78. The topological polar surface area (TPSA) is 94.2 Å². The van der Waals surface area contributed by atoms with Crippen LogP contribution in [0.5, 0.6) is 11.5 Å². The SMILES string of the molecule is COCCNC(=O)CN(c1ccc(OC)c(OC)c1)S(C)(=O)=O. The predicted octanol–water partition coefficient (Wildman–Crippen LogP) is 0.232. The molecule has 0 bridgehead atoms. The first kappa shape index (κ1) is 19.0. The summed E-state index contributed by atoms with van der Waals surface area (Å²) in [5.41, 5.74) is 0.312. The second-order valence-electron chi connectivity index (χ2n) is 4.65. The maximum Gasteiger partial charge on any atom is 0.240 e. The van der Waals surface area contributed by atoms with Gasteiger partial charge >= 0.3 is 0 Å². The molecule has 1 aromatic rings. The summed E-state index contributed by atoms with van der Waals surface area (Å²) in [4.78, 5) is 11.9. The van der Waals surface area contributed by atoms with E-state index in [0.717, 1.165) is 10.6 Å². The Labute approximate surface area is 136 Å². The van der Waals surface area contributed by atoms with Crippen LogP contribution in [-0.2, 0) is 19.6 Å². The Kier molecular flexibility index (Phi) is 7.11. The van der Waals surface area contributed by atoms with Gasteiger partial charge in [-0.3, -0.25) is 9.10 Å². The van der Waals surface area contributed by atoms with Crippen LogP contribution in [0.3, 0.4) is 0 Å². The quantitative estimate of drug-likeness (QED) is 0.644. The minimum absolute atomic E-state index is 0.304. The zero-order valence-corrected chi connectivity index (χ0v) is 14.5. The molecule has 0 aromatic heterocycles. The van der Waals surface area contributed by atoms with E-state index in [2.05, 4.69) is 5.32 Å². The van der Waals surface area contributed by atoms with E-state index in [1.54, 1.807) is 12.1 Å². The van der Waals surface area contributed by atoms with Crippen LogP contribution in [-0.4, -0.2) is 61.6 Å². The van der Waals surface area contributed by atoms with E-state index >= 15 is 0 Å². The fourth-order valence-corrected chi connectivity index (χ4v) is 2.71. The number of benzene rings is 1. The van der Waals surface area contributed by atoms with Gasteiger partial charge in [-0.1, -0.05) is 0 Å². The Balaban J connectivity index is 3.02. The smallest absolute Gasteiger partial charge is 0.240 e. The molecule has 1 aromatic carbocycles. The van der Waals surface area contributed by atoms with Crippen molar-refractivity contribution in [2.75, 3.05) is 51.6 Å². The van der Waals surface area contributed by atoms with Gasteiger partial charge in [0.25, 0.3) is 0 Å². The third-order valence-corrected chi connectivity index (χ3v) is 4.11. The normalized spacial score (nSPS) is 11.0. The number of carbonyl (C=O) groups excluding carboxylic acids is 1. The van der Waals surface area contributed by atoms with E-state index in [0.29, 0.717) is 30.3 Å². The lowest BCUT2D eigenvalue weighted by atomic mass is 10.2. The molecule has 0 spiro atoms. The van der Waals surface area contributed by atoms with Crippen molar-refractivity contribution in [1.29, 1.82) is 0 Å². The van der Waals surface area contributed by atoms with Crippen molar-refractivity contribution < 1.29 is 27.4 Å². The molecule has 1 amide bonds. The Morgan fingerprint density at radius 2 is 1.83 bits per heavy atom. The number of anilines is 1. The molecule has 8 nitrogen and oxygen atoms in total. The van der Waals surface area contributed by atoms with Gasteiger partial charge in [0.2, 0.25) is 15.9 Å². The van der Waals surface area contributed by atoms with Gasteiger partial charge in [-0.25, -0.2) is 8.42 Å². The van der Waals surface area contributed by atoms with Crippen LogP contribution >= 0.6 is 0 Å². The number of hydrogen-bond acceptors (Lipinski definition) is 6. The predicted molar refractivity (Wildman–Crippen MR) is 86.6 cm³/mol. The van der Waals surface area contributed by atoms with E-state index in [4.69, 9.17) is 14.2 Å². The first-order chi connectivity index (χ1) is 10.8. The number of sulfonamides is 1. The number of carbonyl (C=O) groups is 1. The number of methoxy groups -OCH3 is 3. The highest BCUT2D eigenvalue weighted by Crippen LogP contribution is 2.32. The summed E-state index contributed by atoms with van der Waals surface area (Å²) >= 11 is 0. The zero-order valence-electron chi connectivity index (χ0n) is 13.7. The standard InChI is InChI=1S/C14H22N2O6S/c1-20-8-7-15-14(17)10-16(23(4,18)19)11-5-6-12(21-2)13(9-11)22-3/h5-6,9H,7-8,10H2,1-4H3,(H,15,17). The van der Waals surface area contributed by atoms with Crippen molar-refractivity contribution in [2.24, 2.45) is 0 Å². The van der Waals surface area contributed by atoms with Crippen molar-refractivity contribution in [1.82, 2.24) is 5.32 Å². The monoisotopic (exact) mass is 346 g/mol. The van der Waals surface area contributed by atoms with Gasteiger partial charge in [0.05, 0.1) is 32.8 Å². The Morgan fingerprint density at radius 1 is 1.17 bits per heavy atom. The summed E-state index contributed by atoms with van der Waals surface area (Å²) in [6.07, 6.45) is 1.03. The third kappa shape index (κ3) is 5.61. The van der Waals surface area contributed by atoms with Crippen molar-refractivity contribution in [3.8, 4) is 11.5 Å². The molecule has 0 saturated carbocycles. The summed E-state index contributed by atoms with van der Waals surface area (Å²) in [6.45, 7) is 0.317. The molecule has 0 unspecified atom stereocenters. The highest BCUT2D eigenvalue weighted by molar-refractivity contribution is 7.92. The average Bonchev–Trinajstić information content (AvgIpc) is 2.51. The summed E-state index contributed by atoms with van der Waals surface area (Å²) in [5, 5.41) is 2.58. The fraction of sp³-hybridized carbons (Fsp3) is 0.500. The molecule has 1 N–H and O–H groups in total. The first-order valence-corrected chi connectivity index (χ1v) is 8.63. The van der Waals surface area contributed by atoms with Gasteiger partial charge in [-0.05, 0) is 12.1 Å². The Hall–Kier alpha value is -2.00. The zero-order chi connectivity index (χ0) is 17.5. The van der Waals surface area contributed by atoms with E-state index in [1.807, 2.05) is 0 Å². The lowest BCUT2D eigenvalue weighted by Crippen LogP contribution is -2.41. The Bertz CT molecular complexity index is 632. The molecule has 9 heteroatoms. The number of hydrogen-bond donors (Lipinski definition) is 1. The maximum absolute atomic E-state index is 12.0. The Morgan fingerprint density at radius 3 is 2.35 bits per heavy atom. The number of nitrogens with one attached hydrogen (secondary N) is 1. The lowest BCUT2D eigenvalue weighted by molar-refractivity contribution is -0.119. The van der Waals surface area contributed by atoms with E-state index in [-0.39, 0.29) is 6.54 Å². The summed E-state index contributed by atoms with van der Waals surface area (Å²) in [7, 11) is 0.799. The van der Waals surface area contributed by atoms with Gasteiger partial charge in [0, 0.05) is 19.7 Å². The second-order valence-corrected chi connectivity index (χ2v) is 6.56. The average molecular weight is 346 g/mol. The number of ether oxygens (including phenoxy) is 3. The van der Waals surface area contributed by atoms with Crippen molar-refractivity contribution >= 4 is 21.6 Å². The largest absolute Gasteiger partial charge is 0.493 e. The number of nitrogens with zero attached hydrogens (tertiary/aromatic N) is 1. The van der Waals surface area contributed by atoms with Crippen LogP contribution in [0.4, 0.5) is 5.69 Å². The van der Waals surface area contributed by atoms with Gasteiger partial charge in [0.1, 0.15) is 6.54 Å². The summed E-state index contributed by atoms with van der Waals surface area (Å²) in [6, 6.07) is 4.63. The molecule has 0 fully saturated rings. The molecule has 0 saturated heterocycles. The molecule has 0 aliphatic heterocycles. The van der Waals surface area contributed by atoms with E-state index in [9.17, 15) is 13.2 Å². The molecule has 1 rings (SSSR count). The minimum Gasteiger partial charge on any atom is -0.493 e. The van der Waals surface area contributed by atoms with Crippen molar-refractivity contribution in [2.45, 2.75) is 0 Å².